The summed E-state index contributed by atoms with van der Waals surface area (Å²) >= 11 is 1.84. The van der Waals surface area contributed by atoms with E-state index in [1.807, 2.05) is 67.3 Å². The molecule has 4 aromatic rings. The molecule has 1 N–H and O–H groups in total. The maximum atomic E-state index is 13.0. The summed E-state index contributed by atoms with van der Waals surface area (Å²) in [6.07, 6.45) is 5.79. The Hall–Kier alpha value is -4.28. The highest BCUT2D eigenvalue weighted by molar-refractivity contribution is 7.99. The van der Waals surface area contributed by atoms with Gasteiger partial charge in [-0.25, -0.2) is 4.68 Å². The third-order valence-electron chi connectivity index (χ3n) is 5.75. The van der Waals surface area contributed by atoms with Crippen LogP contribution >= 0.6 is 11.8 Å². The first-order valence-electron chi connectivity index (χ1n) is 12.7. The van der Waals surface area contributed by atoms with Crippen LogP contribution in [0.5, 0.6) is 5.75 Å². The molecule has 0 radical (unpaired) electrons. The van der Waals surface area contributed by atoms with Crippen LogP contribution < -0.4 is 10.1 Å². The van der Waals surface area contributed by atoms with Crippen molar-refractivity contribution < 1.29 is 9.53 Å². The van der Waals surface area contributed by atoms with Crippen molar-refractivity contribution in [1.29, 1.82) is 5.26 Å². The van der Waals surface area contributed by atoms with E-state index in [0.29, 0.717) is 29.3 Å². The SMILES string of the molecule is CCCCSc1ccc(-c2nn(-c3ccccc3)cc2/C=C(/C#N)C(=O)Nc2ccc(OCC)cc2)cc1. The van der Waals surface area contributed by atoms with Crippen molar-refractivity contribution in [3.8, 4) is 28.8 Å². The zero-order valence-corrected chi connectivity index (χ0v) is 22.4. The van der Waals surface area contributed by atoms with Gasteiger partial charge in [0.05, 0.1) is 18.0 Å². The quantitative estimate of drug-likeness (QED) is 0.0962. The molecule has 1 aromatic heterocycles. The molecule has 1 amide bonds. The molecule has 7 heteroatoms. The average Bonchev–Trinajstić information content (AvgIpc) is 3.38. The fourth-order valence-corrected chi connectivity index (χ4v) is 4.77. The van der Waals surface area contributed by atoms with Crippen molar-refractivity contribution in [2.24, 2.45) is 0 Å². The maximum absolute atomic E-state index is 13.0. The van der Waals surface area contributed by atoms with E-state index in [1.165, 1.54) is 17.7 Å². The zero-order valence-electron chi connectivity index (χ0n) is 21.6. The number of thioether (sulfide) groups is 1. The topological polar surface area (TPSA) is 79.9 Å². The number of amides is 1. The molecule has 0 spiro atoms. The molecule has 0 atom stereocenters. The molecule has 0 unspecified atom stereocenters. The Kier molecular flexibility index (Phi) is 9.38. The molecule has 1 heterocycles. The van der Waals surface area contributed by atoms with Crippen LogP contribution in [0.25, 0.3) is 23.0 Å². The summed E-state index contributed by atoms with van der Waals surface area (Å²) in [6.45, 7) is 4.66. The second-order valence-electron chi connectivity index (χ2n) is 8.52. The maximum Gasteiger partial charge on any atom is 0.266 e. The van der Waals surface area contributed by atoms with Gasteiger partial charge in [-0.15, -0.1) is 11.8 Å². The number of carbonyl (C=O) groups excluding carboxylic acids is 1. The minimum absolute atomic E-state index is 0.0144. The number of unbranched alkanes of at least 4 members (excludes halogenated alkanes) is 1. The van der Waals surface area contributed by atoms with Crippen molar-refractivity contribution in [2.75, 3.05) is 17.7 Å². The molecule has 0 aliphatic heterocycles. The van der Waals surface area contributed by atoms with Crippen LogP contribution in [0.2, 0.25) is 0 Å². The number of rotatable bonds is 11. The summed E-state index contributed by atoms with van der Waals surface area (Å²) in [5, 5.41) is 17.5. The van der Waals surface area contributed by atoms with Gasteiger partial charge < -0.3 is 10.1 Å². The van der Waals surface area contributed by atoms with E-state index in [1.54, 1.807) is 35.0 Å². The van der Waals surface area contributed by atoms with Crippen LogP contribution in [-0.4, -0.2) is 28.0 Å². The third-order valence-corrected chi connectivity index (χ3v) is 6.84. The molecule has 0 bridgehead atoms. The van der Waals surface area contributed by atoms with Gasteiger partial charge in [-0.1, -0.05) is 43.7 Å². The Morgan fingerprint density at radius 1 is 1.05 bits per heavy atom. The van der Waals surface area contributed by atoms with Gasteiger partial charge >= 0.3 is 0 Å². The third kappa shape index (κ3) is 6.93. The van der Waals surface area contributed by atoms with Crippen molar-refractivity contribution in [3.05, 3.63) is 96.2 Å². The molecular weight excluding hydrogens is 492 g/mol. The fourth-order valence-electron chi connectivity index (χ4n) is 3.78. The Labute approximate surface area is 228 Å². The second-order valence-corrected chi connectivity index (χ2v) is 9.69. The van der Waals surface area contributed by atoms with E-state index >= 15 is 0 Å². The first-order chi connectivity index (χ1) is 18.6. The lowest BCUT2D eigenvalue weighted by Gasteiger charge is -2.07. The Bertz CT molecular complexity index is 1420. The van der Waals surface area contributed by atoms with Crippen LogP contribution in [0.15, 0.2) is 95.5 Å². The molecule has 0 saturated carbocycles. The highest BCUT2D eigenvalue weighted by Gasteiger charge is 2.16. The minimum Gasteiger partial charge on any atom is -0.494 e. The van der Waals surface area contributed by atoms with Gasteiger partial charge in [0.25, 0.3) is 5.91 Å². The Morgan fingerprint density at radius 2 is 1.79 bits per heavy atom. The molecule has 0 fully saturated rings. The van der Waals surface area contributed by atoms with E-state index in [0.717, 1.165) is 17.0 Å². The van der Waals surface area contributed by atoms with Crippen LogP contribution in [0.1, 0.15) is 32.3 Å². The predicted octanol–water partition coefficient (Wildman–Crippen LogP) is 7.38. The average molecular weight is 523 g/mol. The fraction of sp³-hybridized carbons (Fsp3) is 0.194. The molecule has 3 aromatic carbocycles. The van der Waals surface area contributed by atoms with Gasteiger partial charge in [0.2, 0.25) is 0 Å². The monoisotopic (exact) mass is 522 g/mol. The smallest absolute Gasteiger partial charge is 0.266 e. The lowest BCUT2D eigenvalue weighted by molar-refractivity contribution is -0.112. The van der Waals surface area contributed by atoms with E-state index < -0.39 is 5.91 Å². The van der Waals surface area contributed by atoms with Crippen molar-refractivity contribution >= 4 is 29.4 Å². The molecule has 6 nitrogen and oxygen atoms in total. The van der Waals surface area contributed by atoms with E-state index in [-0.39, 0.29) is 5.57 Å². The van der Waals surface area contributed by atoms with Gasteiger partial charge in [-0.05, 0) is 73.7 Å². The van der Waals surface area contributed by atoms with Crippen molar-refractivity contribution in [1.82, 2.24) is 9.78 Å². The van der Waals surface area contributed by atoms with E-state index in [2.05, 4.69) is 30.4 Å². The number of nitrogens with zero attached hydrogens (tertiary/aromatic N) is 3. The minimum atomic E-state index is -0.488. The number of benzene rings is 3. The summed E-state index contributed by atoms with van der Waals surface area (Å²) in [7, 11) is 0. The normalized spacial score (nSPS) is 11.1. The lowest BCUT2D eigenvalue weighted by Crippen LogP contribution is -2.13. The Balaban J connectivity index is 1.64. The van der Waals surface area contributed by atoms with Crippen LogP contribution in [0.4, 0.5) is 5.69 Å². The number of nitriles is 1. The molecule has 4 rings (SSSR count). The van der Waals surface area contributed by atoms with Gasteiger partial charge in [0, 0.05) is 27.9 Å². The molecule has 192 valence electrons. The lowest BCUT2D eigenvalue weighted by atomic mass is 10.1. The largest absolute Gasteiger partial charge is 0.494 e. The second kappa shape index (κ2) is 13.3. The number of anilines is 1. The van der Waals surface area contributed by atoms with Crippen molar-refractivity contribution in [2.45, 2.75) is 31.6 Å². The summed E-state index contributed by atoms with van der Waals surface area (Å²) in [6, 6.07) is 27.1. The van der Waals surface area contributed by atoms with Gasteiger partial charge in [0.15, 0.2) is 0 Å². The first-order valence-corrected chi connectivity index (χ1v) is 13.6. The number of hydrogen-bond donors (Lipinski definition) is 1. The van der Waals surface area contributed by atoms with Crippen molar-refractivity contribution in [3.63, 3.8) is 0 Å². The highest BCUT2D eigenvalue weighted by atomic mass is 32.2. The summed E-state index contributed by atoms with van der Waals surface area (Å²) in [5.41, 5.74) is 3.74. The van der Waals surface area contributed by atoms with Gasteiger partial charge in [-0.3, -0.25) is 4.79 Å². The molecule has 0 saturated heterocycles. The van der Waals surface area contributed by atoms with Crippen LogP contribution in [0, 0.1) is 11.3 Å². The van der Waals surface area contributed by atoms with Gasteiger partial charge in [-0.2, -0.15) is 10.4 Å². The number of carbonyl (C=O) groups is 1. The summed E-state index contributed by atoms with van der Waals surface area (Å²) in [4.78, 5) is 14.2. The van der Waals surface area contributed by atoms with E-state index in [4.69, 9.17) is 9.84 Å². The van der Waals surface area contributed by atoms with Gasteiger partial charge in [0.1, 0.15) is 17.4 Å². The number of nitrogens with one attached hydrogen (secondary N) is 1. The Morgan fingerprint density at radius 3 is 2.45 bits per heavy atom. The zero-order chi connectivity index (χ0) is 26.7. The molecule has 38 heavy (non-hydrogen) atoms. The summed E-state index contributed by atoms with van der Waals surface area (Å²) in [5.74, 6) is 1.31. The van der Waals surface area contributed by atoms with E-state index in [9.17, 15) is 10.1 Å². The summed E-state index contributed by atoms with van der Waals surface area (Å²) < 4.78 is 7.22. The number of ether oxygens (including phenoxy) is 1. The standard InChI is InChI=1S/C31H30N4O2S/c1-3-5-19-38-29-17-11-23(12-18-29)30-25(22-35(34-30)27-9-7-6-8-10-27)20-24(21-32)31(36)33-26-13-15-28(16-14-26)37-4-2/h6-18,20,22H,3-5,19H2,1-2H3,(H,33,36)/b24-20-. The first kappa shape index (κ1) is 26.8. The van der Waals surface area contributed by atoms with Crippen LogP contribution in [0.3, 0.4) is 0 Å². The highest BCUT2D eigenvalue weighted by Crippen LogP contribution is 2.29. The number of para-hydroxylation sites is 1. The predicted molar refractivity (Wildman–Crippen MR) is 154 cm³/mol. The molecular formula is C31H30N4O2S. The number of hydrogen-bond acceptors (Lipinski definition) is 5. The molecule has 0 aliphatic rings. The number of aromatic nitrogens is 2. The molecule has 0 aliphatic carbocycles. The van der Waals surface area contributed by atoms with Crippen LogP contribution in [-0.2, 0) is 4.79 Å².